The minimum atomic E-state index is -0.0819. The summed E-state index contributed by atoms with van der Waals surface area (Å²) in [5, 5.41) is 6.24. The molecule has 6 heteroatoms. The summed E-state index contributed by atoms with van der Waals surface area (Å²) in [5.74, 6) is -0.0517. The number of benzene rings is 1. The topological polar surface area (TPSA) is 64.0 Å². The van der Waals surface area contributed by atoms with E-state index in [0.717, 1.165) is 16.6 Å². The highest BCUT2D eigenvalue weighted by atomic mass is 32.1. The Labute approximate surface area is 138 Å². The number of anilines is 1. The smallest absolute Gasteiger partial charge is 0.227 e. The number of fused-ring (bicyclic) bond motifs is 1. The standard InChI is InChI=1S/C17H17N3O2S/c1-11-10-23-17(18-11)19-16(22)7-8-20-9-14(12(2)21)13-5-3-4-6-15(13)20/h3-6,9-10H,7-8H2,1-2H3,(H,18,19,22). The van der Waals surface area contributed by atoms with Gasteiger partial charge in [-0.2, -0.15) is 0 Å². The third-order valence-electron chi connectivity index (χ3n) is 3.61. The molecule has 2 aromatic heterocycles. The Kier molecular flexibility index (Phi) is 4.25. The van der Waals surface area contributed by atoms with Crippen molar-refractivity contribution >= 4 is 39.1 Å². The van der Waals surface area contributed by atoms with E-state index in [2.05, 4.69) is 10.3 Å². The van der Waals surface area contributed by atoms with Crippen LogP contribution in [0.4, 0.5) is 5.13 Å². The van der Waals surface area contributed by atoms with Crippen molar-refractivity contribution in [3.63, 3.8) is 0 Å². The Morgan fingerprint density at radius 1 is 1.30 bits per heavy atom. The molecule has 0 radical (unpaired) electrons. The molecule has 0 aliphatic carbocycles. The van der Waals surface area contributed by atoms with Crippen molar-refractivity contribution < 1.29 is 9.59 Å². The first kappa shape index (κ1) is 15.4. The summed E-state index contributed by atoms with van der Waals surface area (Å²) in [7, 11) is 0. The molecule has 1 aromatic carbocycles. The zero-order valence-electron chi connectivity index (χ0n) is 13.0. The molecule has 3 rings (SSSR count). The van der Waals surface area contributed by atoms with Gasteiger partial charge in [-0.05, 0) is 19.9 Å². The van der Waals surface area contributed by atoms with Gasteiger partial charge in [0.2, 0.25) is 5.91 Å². The van der Waals surface area contributed by atoms with E-state index < -0.39 is 0 Å². The molecule has 0 spiro atoms. The fraction of sp³-hybridized carbons (Fsp3) is 0.235. The largest absolute Gasteiger partial charge is 0.346 e. The summed E-state index contributed by atoms with van der Waals surface area (Å²) in [6, 6.07) is 7.74. The van der Waals surface area contributed by atoms with Crippen LogP contribution in [0, 0.1) is 6.92 Å². The number of ketones is 1. The first-order valence-electron chi connectivity index (χ1n) is 7.35. The molecule has 2 heterocycles. The molecule has 0 aliphatic heterocycles. The number of nitrogens with one attached hydrogen (secondary N) is 1. The molecule has 0 fully saturated rings. The lowest BCUT2D eigenvalue weighted by Crippen LogP contribution is -2.14. The van der Waals surface area contributed by atoms with Crippen molar-refractivity contribution in [3.05, 3.63) is 47.1 Å². The molecule has 0 unspecified atom stereocenters. The maximum atomic E-state index is 12.0. The van der Waals surface area contributed by atoms with Crippen LogP contribution in [0.1, 0.15) is 29.4 Å². The summed E-state index contributed by atoms with van der Waals surface area (Å²) < 4.78 is 1.96. The molecule has 118 valence electrons. The Morgan fingerprint density at radius 2 is 2.09 bits per heavy atom. The van der Waals surface area contributed by atoms with Gasteiger partial charge in [0.25, 0.3) is 0 Å². The van der Waals surface area contributed by atoms with Crippen LogP contribution in [0.2, 0.25) is 0 Å². The fourth-order valence-electron chi connectivity index (χ4n) is 2.53. The van der Waals surface area contributed by atoms with E-state index in [1.165, 1.54) is 11.3 Å². The highest BCUT2D eigenvalue weighted by molar-refractivity contribution is 7.13. The van der Waals surface area contributed by atoms with Gasteiger partial charge in [0, 0.05) is 41.0 Å². The van der Waals surface area contributed by atoms with Crippen molar-refractivity contribution in [1.29, 1.82) is 0 Å². The number of amides is 1. The zero-order valence-corrected chi connectivity index (χ0v) is 13.8. The van der Waals surface area contributed by atoms with Gasteiger partial charge in [-0.3, -0.25) is 9.59 Å². The van der Waals surface area contributed by atoms with Crippen LogP contribution in [0.15, 0.2) is 35.8 Å². The van der Waals surface area contributed by atoms with E-state index in [9.17, 15) is 9.59 Å². The van der Waals surface area contributed by atoms with Gasteiger partial charge in [-0.25, -0.2) is 4.98 Å². The lowest BCUT2D eigenvalue weighted by Gasteiger charge is -2.05. The monoisotopic (exact) mass is 327 g/mol. The number of carbonyl (C=O) groups excluding carboxylic acids is 2. The average molecular weight is 327 g/mol. The number of hydrogen-bond acceptors (Lipinski definition) is 4. The highest BCUT2D eigenvalue weighted by Gasteiger charge is 2.12. The van der Waals surface area contributed by atoms with Crippen LogP contribution in [0.5, 0.6) is 0 Å². The SMILES string of the molecule is CC(=O)c1cn(CCC(=O)Nc2nc(C)cs2)c2ccccc12. The van der Waals surface area contributed by atoms with Crippen LogP contribution in [0.3, 0.4) is 0 Å². The second-order valence-corrected chi connectivity index (χ2v) is 6.26. The number of rotatable bonds is 5. The summed E-state index contributed by atoms with van der Waals surface area (Å²) in [6.45, 7) is 3.97. The average Bonchev–Trinajstić information content (AvgIpc) is 3.09. The summed E-state index contributed by atoms with van der Waals surface area (Å²) in [4.78, 5) is 28.0. The summed E-state index contributed by atoms with van der Waals surface area (Å²) >= 11 is 1.42. The number of Topliss-reactive ketones (excluding diaryl/α,β-unsaturated/α-hetero) is 1. The third kappa shape index (κ3) is 3.32. The van der Waals surface area contributed by atoms with E-state index in [1.807, 2.05) is 47.3 Å². The lowest BCUT2D eigenvalue weighted by molar-refractivity contribution is -0.116. The van der Waals surface area contributed by atoms with Gasteiger partial charge in [-0.1, -0.05) is 18.2 Å². The molecule has 0 bridgehead atoms. The normalized spacial score (nSPS) is 10.9. The molecule has 23 heavy (non-hydrogen) atoms. The molecule has 0 atom stereocenters. The number of carbonyl (C=O) groups is 2. The minimum Gasteiger partial charge on any atom is -0.346 e. The molecule has 1 amide bonds. The molecular weight excluding hydrogens is 310 g/mol. The Hall–Kier alpha value is -2.47. The van der Waals surface area contributed by atoms with Gasteiger partial charge in [0.05, 0.1) is 5.69 Å². The van der Waals surface area contributed by atoms with Gasteiger partial charge >= 0.3 is 0 Å². The fourth-order valence-corrected chi connectivity index (χ4v) is 3.23. The van der Waals surface area contributed by atoms with Crippen LogP contribution < -0.4 is 5.32 Å². The van der Waals surface area contributed by atoms with Gasteiger partial charge in [0.1, 0.15) is 0 Å². The summed E-state index contributed by atoms with van der Waals surface area (Å²) in [6.07, 6.45) is 2.16. The van der Waals surface area contributed by atoms with Crippen LogP contribution in [0.25, 0.3) is 10.9 Å². The maximum absolute atomic E-state index is 12.0. The molecular formula is C17H17N3O2S. The van der Waals surface area contributed by atoms with Gasteiger partial charge in [0.15, 0.2) is 10.9 Å². The Balaban J connectivity index is 1.74. The Morgan fingerprint density at radius 3 is 2.78 bits per heavy atom. The predicted molar refractivity (Wildman–Crippen MR) is 92.0 cm³/mol. The van der Waals surface area contributed by atoms with Crippen LogP contribution >= 0.6 is 11.3 Å². The summed E-state index contributed by atoms with van der Waals surface area (Å²) in [5.41, 5.74) is 2.56. The van der Waals surface area contributed by atoms with Gasteiger partial charge in [-0.15, -0.1) is 11.3 Å². The van der Waals surface area contributed by atoms with E-state index in [0.29, 0.717) is 23.7 Å². The third-order valence-corrected chi connectivity index (χ3v) is 4.49. The van der Waals surface area contributed by atoms with E-state index in [-0.39, 0.29) is 11.7 Å². The molecule has 5 nitrogen and oxygen atoms in total. The first-order chi connectivity index (χ1) is 11.0. The second-order valence-electron chi connectivity index (χ2n) is 5.40. The number of para-hydroxylation sites is 1. The number of aryl methyl sites for hydroxylation is 2. The molecule has 3 aromatic rings. The van der Waals surface area contributed by atoms with E-state index in [4.69, 9.17) is 0 Å². The molecule has 0 saturated carbocycles. The zero-order chi connectivity index (χ0) is 16.4. The molecule has 1 N–H and O–H groups in total. The number of hydrogen-bond donors (Lipinski definition) is 1. The Bertz CT molecular complexity index is 879. The quantitative estimate of drug-likeness (QED) is 0.728. The van der Waals surface area contributed by atoms with Crippen molar-refractivity contribution in [2.75, 3.05) is 5.32 Å². The van der Waals surface area contributed by atoms with E-state index in [1.54, 1.807) is 6.92 Å². The lowest BCUT2D eigenvalue weighted by atomic mass is 10.1. The second kappa shape index (κ2) is 6.34. The number of aromatic nitrogens is 2. The first-order valence-corrected chi connectivity index (χ1v) is 8.23. The van der Waals surface area contributed by atoms with Crippen LogP contribution in [-0.4, -0.2) is 21.2 Å². The van der Waals surface area contributed by atoms with Crippen molar-refractivity contribution in [2.24, 2.45) is 0 Å². The maximum Gasteiger partial charge on any atom is 0.227 e. The molecule has 0 aliphatic rings. The van der Waals surface area contributed by atoms with Crippen molar-refractivity contribution in [1.82, 2.24) is 9.55 Å². The number of thiazole rings is 1. The minimum absolute atomic E-state index is 0.0302. The number of nitrogens with zero attached hydrogens (tertiary/aromatic N) is 2. The predicted octanol–water partition coefficient (Wildman–Crippen LogP) is 3.64. The highest BCUT2D eigenvalue weighted by Crippen LogP contribution is 2.22. The van der Waals surface area contributed by atoms with Crippen molar-refractivity contribution in [3.8, 4) is 0 Å². The molecule has 0 saturated heterocycles. The van der Waals surface area contributed by atoms with Gasteiger partial charge < -0.3 is 9.88 Å². The van der Waals surface area contributed by atoms with E-state index >= 15 is 0 Å². The van der Waals surface area contributed by atoms with Crippen molar-refractivity contribution in [2.45, 2.75) is 26.8 Å². The van der Waals surface area contributed by atoms with Crippen LogP contribution in [-0.2, 0) is 11.3 Å².